The van der Waals surface area contributed by atoms with E-state index in [9.17, 15) is 9.90 Å². The fourth-order valence-corrected chi connectivity index (χ4v) is 3.31. The SMILES string of the molecule is CC(C)OC1CCC(NC(=O)N(C)C(C)Cc2ccc(O)cc2)CC1. The molecule has 1 saturated carbocycles. The summed E-state index contributed by atoms with van der Waals surface area (Å²) < 4.78 is 5.86. The molecule has 1 aromatic carbocycles. The molecule has 5 heteroatoms. The average molecular weight is 348 g/mol. The van der Waals surface area contributed by atoms with Crippen LogP contribution in [0.25, 0.3) is 0 Å². The number of phenols is 1. The summed E-state index contributed by atoms with van der Waals surface area (Å²) in [6, 6.07) is 7.47. The number of aromatic hydroxyl groups is 1. The molecule has 2 rings (SSSR count). The Kier molecular flexibility index (Phi) is 7.12. The second-order valence-electron chi connectivity index (χ2n) is 7.44. The van der Waals surface area contributed by atoms with Crippen molar-refractivity contribution in [2.24, 2.45) is 0 Å². The fourth-order valence-electron chi connectivity index (χ4n) is 3.31. The molecule has 1 aliphatic rings. The normalized spacial score (nSPS) is 21.8. The van der Waals surface area contributed by atoms with Crippen molar-refractivity contribution in [3.05, 3.63) is 29.8 Å². The van der Waals surface area contributed by atoms with Crippen molar-refractivity contribution in [1.82, 2.24) is 10.2 Å². The van der Waals surface area contributed by atoms with Crippen LogP contribution < -0.4 is 5.32 Å². The molecule has 1 atom stereocenters. The van der Waals surface area contributed by atoms with Gasteiger partial charge < -0.3 is 20.1 Å². The van der Waals surface area contributed by atoms with Crippen molar-refractivity contribution in [3.63, 3.8) is 0 Å². The summed E-state index contributed by atoms with van der Waals surface area (Å²) in [7, 11) is 1.84. The fraction of sp³-hybridized carbons (Fsp3) is 0.650. The molecule has 1 unspecified atom stereocenters. The van der Waals surface area contributed by atoms with Gasteiger partial charge in [0, 0.05) is 19.1 Å². The summed E-state index contributed by atoms with van der Waals surface area (Å²) in [5.41, 5.74) is 1.11. The van der Waals surface area contributed by atoms with Gasteiger partial charge in [0.15, 0.2) is 0 Å². The van der Waals surface area contributed by atoms with Crippen molar-refractivity contribution >= 4 is 6.03 Å². The maximum absolute atomic E-state index is 12.5. The summed E-state index contributed by atoms with van der Waals surface area (Å²) >= 11 is 0. The van der Waals surface area contributed by atoms with E-state index in [4.69, 9.17) is 4.74 Å². The van der Waals surface area contributed by atoms with Crippen molar-refractivity contribution in [2.45, 2.75) is 77.2 Å². The lowest BCUT2D eigenvalue weighted by atomic mass is 9.93. The Labute approximate surface area is 151 Å². The zero-order valence-corrected chi connectivity index (χ0v) is 15.9. The largest absolute Gasteiger partial charge is 0.508 e. The van der Waals surface area contributed by atoms with E-state index in [-0.39, 0.29) is 30.0 Å². The van der Waals surface area contributed by atoms with Gasteiger partial charge in [0.25, 0.3) is 0 Å². The number of likely N-dealkylation sites (N-methyl/N-ethyl adjacent to an activating group) is 1. The lowest BCUT2D eigenvalue weighted by molar-refractivity contribution is -0.0158. The van der Waals surface area contributed by atoms with Gasteiger partial charge in [-0.3, -0.25) is 0 Å². The summed E-state index contributed by atoms with van der Waals surface area (Å²) in [6.45, 7) is 6.18. The quantitative estimate of drug-likeness (QED) is 0.824. The number of ether oxygens (including phenoxy) is 1. The Bertz CT molecular complexity index is 536. The Morgan fingerprint density at radius 1 is 1.20 bits per heavy atom. The van der Waals surface area contributed by atoms with Crippen LogP contribution in [-0.4, -0.2) is 47.4 Å². The summed E-state index contributed by atoms with van der Waals surface area (Å²) in [5.74, 6) is 0.263. The number of hydrogen-bond acceptors (Lipinski definition) is 3. The number of rotatable bonds is 6. The molecule has 1 fully saturated rings. The number of carbonyl (C=O) groups excluding carboxylic acids is 1. The number of phenolic OH excluding ortho intramolecular Hbond substituents is 1. The predicted octanol–water partition coefficient (Wildman–Crippen LogP) is 3.70. The van der Waals surface area contributed by atoms with E-state index in [0.717, 1.165) is 37.7 Å². The molecule has 1 aromatic rings. The van der Waals surface area contributed by atoms with Crippen LogP contribution in [0.15, 0.2) is 24.3 Å². The van der Waals surface area contributed by atoms with Crippen LogP contribution in [-0.2, 0) is 11.2 Å². The molecular weight excluding hydrogens is 316 g/mol. The smallest absolute Gasteiger partial charge is 0.317 e. The molecule has 0 aliphatic heterocycles. The monoisotopic (exact) mass is 348 g/mol. The Balaban J connectivity index is 1.77. The third kappa shape index (κ3) is 6.24. The van der Waals surface area contributed by atoms with E-state index in [1.807, 2.05) is 26.1 Å². The summed E-state index contributed by atoms with van der Waals surface area (Å²) in [6.07, 6.45) is 5.33. The maximum Gasteiger partial charge on any atom is 0.317 e. The topological polar surface area (TPSA) is 61.8 Å². The van der Waals surface area contributed by atoms with E-state index in [1.54, 1.807) is 17.0 Å². The zero-order valence-electron chi connectivity index (χ0n) is 15.9. The summed E-state index contributed by atoms with van der Waals surface area (Å²) in [4.78, 5) is 14.3. The lowest BCUT2D eigenvalue weighted by Crippen LogP contribution is -2.48. The Hall–Kier alpha value is -1.75. The van der Waals surface area contributed by atoms with Gasteiger partial charge >= 0.3 is 6.03 Å². The first-order valence-corrected chi connectivity index (χ1v) is 9.32. The number of urea groups is 1. The standard InChI is InChI=1S/C20H32N2O3/c1-14(2)25-19-11-7-17(8-12-19)21-20(24)22(4)15(3)13-16-5-9-18(23)10-6-16/h5-6,9-10,14-15,17,19,23H,7-8,11-13H2,1-4H3,(H,21,24). The van der Waals surface area contributed by atoms with Crippen molar-refractivity contribution in [2.75, 3.05) is 7.05 Å². The highest BCUT2D eigenvalue weighted by Gasteiger charge is 2.25. The minimum atomic E-state index is -0.0143. The molecule has 0 radical (unpaired) electrons. The highest BCUT2D eigenvalue weighted by molar-refractivity contribution is 5.74. The Morgan fingerprint density at radius 2 is 1.80 bits per heavy atom. The second-order valence-corrected chi connectivity index (χ2v) is 7.44. The van der Waals surface area contributed by atoms with Crippen LogP contribution in [0, 0.1) is 0 Å². The zero-order chi connectivity index (χ0) is 18.4. The molecule has 25 heavy (non-hydrogen) atoms. The van der Waals surface area contributed by atoms with Gasteiger partial charge in [-0.05, 0) is 70.6 Å². The molecule has 0 heterocycles. The third-order valence-corrected chi connectivity index (χ3v) is 4.92. The first-order chi connectivity index (χ1) is 11.8. The first kappa shape index (κ1) is 19.6. The van der Waals surface area contributed by atoms with E-state index >= 15 is 0 Å². The van der Waals surface area contributed by atoms with Gasteiger partial charge in [0.2, 0.25) is 0 Å². The number of benzene rings is 1. The number of hydrogen-bond donors (Lipinski definition) is 2. The maximum atomic E-state index is 12.5. The molecule has 5 nitrogen and oxygen atoms in total. The number of carbonyl (C=O) groups is 1. The van der Waals surface area contributed by atoms with Gasteiger partial charge in [0.05, 0.1) is 12.2 Å². The molecular formula is C20H32N2O3. The average Bonchev–Trinajstić information content (AvgIpc) is 2.57. The van der Waals surface area contributed by atoms with E-state index in [1.165, 1.54) is 0 Å². The molecule has 1 aliphatic carbocycles. The van der Waals surface area contributed by atoms with Crippen molar-refractivity contribution < 1.29 is 14.6 Å². The summed E-state index contributed by atoms with van der Waals surface area (Å²) in [5, 5.41) is 12.5. The van der Waals surface area contributed by atoms with Crippen LogP contribution >= 0.6 is 0 Å². The van der Waals surface area contributed by atoms with Crippen LogP contribution in [0.3, 0.4) is 0 Å². The lowest BCUT2D eigenvalue weighted by Gasteiger charge is -2.32. The number of nitrogens with one attached hydrogen (secondary N) is 1. The van der Waals surface area contributed by atoms with Gasteiger partial charge in [0.1, 0.15) is 5.75 Å². The van der Waals surface area contributed by atoms with E-state index in [2.05, 4.69) is 19.2 Å². The van der Waals surface area contributed by atoms with Crippen molar-refractivity contribution in [1.29, 1.82) is 0 Å². The highest BCUT2D eigenvalue weighted by atomic mass is 16.5. The highest BCUT2D eigenvalue weighted by Crippen LogP contribution is 2.22. The first-order valence-electron chi connectivity index (χ1n) is 9.32. The van der Waals surface area contributed by atoms with Crippen LogP contribution in [0.4, 0.5) is 4.79 Å². The Morgan fingerprint density at radius 3 is 2.36 bits per heavy atom. The van der Waals surface area contributed by atoms with E-state index < -0.39 is 0 Å². The van der Waals surface area contributed by atoms with E-state index in [0.29, 0.717) is 6.10 Å². The van der Waals surface area contributed by atoms with Gasteiger partial charge in [-0.1, -0.05) is 12.1 Å². The molecule has 0 spiro atoms. The molecule has 140 valence electrons. The second kappa shape index (κ2) is 9.09. The molecule has 0 bridgehead atoms. The molecule has 0 aromatic heterocycles. The van der Waals surface area contributed by atoms with Gasteiger partial charge in [-0.2, -0.15) is 0 Å². The predicted molar refractivity (Wildman–Crippen MR) is 99.8 cm³/mol. The van der Waals surface area contributed by atoms with Crippen LogP contribution in [0.1, 0.15) is 52.0 Å². The third-order valence-electron chi connectivity index (χ3n) is 4.92. The van der Waals surface area contributed by atoms with Gasteiger partial charge in [-0.15, -0.1) is 0 Å². The molecule has 2 amide bonds. The molecule has 0 saturated heterocycles. The minimum absolute atomic E-state index is 0.0143. The van der Waals surface area contributed by atoms with Crippen LogP contribution in [0.5, 0.6) is 5.75 Å². The van der Waals surface area contributed by atoms with Crippen LogP contribution in [0.2, 0.25) is 0 Å². The number of amides is 2. The van der Waals surface area contributed by atoms with Crippen molar-refractivity contribution in [3.8, 4) is 5.75 Å². The van der Waals surface area contributed by atoms with Gasteiger partial charge in [-0.25, -0.2) is 4.79 Å². The minimum Gasteiger partial charge on any atom is -0.508 e. The molecule has 2 N–H and O–H groups in total. The number of nitrogens with zero attached hydrogens (tertiary/aromatic N) is 1.